The molecule has 2 N–H and O–H groups in total. The Labute approximate surface area is 199 Å². The number of urea groups is 1. The first-order valence-electron chi connectivity index (χ1n) is 11.6. The van der Waals surface area contributed by atoms with Gasteiger partial charge in [0, 0.05) is 23.4 Å². The highest BCUT2D eigenvalue weighted by molar-refractivity contribution is 6.09. The number of hydrogen-bond acceptors (Lipinski definition) is 4. The number of allylic oxidation sites excluding steroid dienone is 1. The minimum atomic E-state index is -0.684. The quantitative estimate of drug-likeness (QED) is 0.448. The molecule has 34 heavy (non-hydrogen) atoms. The number of amides is 2. The summed E-state index contributed by atoms with van der Waals surface area (Å²) >= 11 is 0. The van der Waals surface area contributed by atoms with Crippen LogP contribution in [-0.4, -0.2) is 11.8 Å². The van der Waals surface area contributed by atoms with Crippen LogP contribution in [0.2, 0.25) is 0 Å². The van der Waals surface area contributed by atoms with E-state index in [-0.39, 0.29) is 17.2 Å². The van der Waals surface area contributed by atoms with Crippen LogP contribution in [-0.2, 0) is 4.79 Å². The zero-order chi connectivity index (χ0) is 24.0. The lowest BCUT2D eigenvalue weighted by atomic mass is 9.74. The summed E-state index contributed by atoms with van der Waals surface area (Å²) in [6.45, 7) is 8.24. The second kappa shape index (κ2) is 8.20. The standard InChI is InChI=1S/C28H29N3O3/c1-17-11-12-19(14-18(17)2)29-27(33)31-22-9-6-5-8-20(22)30-21-15-28(3,4)16-23(32)25(21)26(31)24-10-7-13-34-24/h5-14,26,30H,15-16H2,1-4H3,(H,29,33)/t26-/m1/s1. The van der Waals surface area contributed by atoms with Gasteiger partial charge in [-0.3, -0.25) is 9.69 Å². The number of furan rings is 1. The Bertz CT molecular complexity index is 1300. The van der Waals surface area contributed by atoms with Gasteiger partial charge < -0.3 is 15.1 Å². The van der Waals surface area contributed by atoms with E-state index < -0.39 is 6.04 Å². The van der Waals surface area contributed by atoms with E-state index in [0.717, 1.165) is 22.5 Å². The molecule has 5 rings (SSSR count). The lowest BCUT2D eigenvalue weighted by Crippen LogP contribution is -2.41. The summed E-state index contributed by atoms with van der Waals surface area (Å²) in [6, 6.07) is 16.1. The molecule has 0 saturated carbocycles. The van der Waals surface area contributed by atoms with Gasteiger partial charge in [-0.25, -0.2) is 4.79 Å². The van der Waals surface area contributed by atoms with Crippen LogP contribution in [0.5, 0.6) is 0 Å². The van der Waals surface area contributed by atoms with Gasteiger partial charge in [0.25, 0.3) is 0 Å². The van der Waals surface area contributed by atoms with E-state index in [1.54, 1.807) is 17.2 Å². The zero-order valence-electron chi connectivity index (χ0n) is 19.9. The lowest BCUT2D eigenvalue weighted by Gasteiger charge is -2.36. The van der Waals surface area contributed by atoms with E-state index in [2.05, 4.69) is 24.5 Å². The molecule has 1 atom stereocenters. The van der Waals surface area contributed by atoms with Gasteiger partial charge in [0.2, 0.25) is 0 Å². The minimum Gasteiger partial charge on any atom is -0.467 e. The Hall–Kier alpha value is -3.80. The fourth-order valence-corrected chi connectivity index (χ4v) is 4.93. The summed E-state index contributed by atoms with van der Waals surface area (Å²) in [5.41, 5.74) is 5.66. The molecule has 6 heteroatoms. The molecule has 0 bridgehead atoms. The van der Waals surface area contributed by atoms with Gasteiger partial charge in [-0.2, -0.15) is 0 Å². The van der Waals surface area contributed by atoms with Crippen LogP contribution in [0.3, 0.4) is 0 Å². The van der Waals surface area contributed by atoms with Crippen molar-refractivity contribution in [3.63, 3.8) is 0 Å². The first-order valence-corrected chi connectivity index (χ1v) is 11.6. The molecule has 3 aromatic rings. The summed E-state index contributed by atoms with van der Waals surface area (Å²) in [5, 5.41) is 6.55. The monoisotopic (exact) mass is 455 g/mol. The number of ketones is 1. The zero-order valence-corrected chi connectivity index (χ0v) is 19.9. The van der Waals surface area contributed by atoms with Crippen LogP contribution in [0.25, 0.3) is 0 Å². The van der Waals surface area contributed by atoms with Gasteiger partial charge in [-0.05, 0) is 73.2 Å². The van der Waals surface area contributed by atoms with Gasteiger partial charge in [0.1, 0.15) is 11.8 Å². The van der Waals surface area contributed by atoms with Crippen LogP contribution >= 0.6 is 0 Å². The third-order valence-electron chi connectivity index (χ3n) is 6.69. The number of fused-ring (bicyclic) bond motifs is 1. The largest absolute Gasteiger partial charge is 0.467 e. The number of para-hydroxylation sites is 2. The molecule has 174 valence electrons. The molecular formula is C28H29N3O3. The number of hydrogen-bond donors (Lipinski definition) is 2. The number of aryl methyl sites for hydroxylation is 2. The molecule has 2 aromatic carbocycles. The van der Waals surface area contributed by atoms with E-state index in [9.17, 15) is 9.59 Å². The maximum absolute atomic E-state index is 13.9. The molecule has 1 aromatic heterocycles. The van der Waals surface area contributed by atoms with Gasteiger partial charge in [0.15, 0.2) is 5.78 Å². The average Bonchev–Trinajstić information content (AvgIpc) is 3.25. The molecule has 6 nitrogen and oxygen atoms in total. The molecule has 2 aliphatic rings. The highest BCUT2D eigenvalue weighted by atomic mass is 16.3. The summed E-state index contributed by atoms with van der Waals surface area (Å²) in [4.78, 5) is 29.1. The predicted octanol–water partition coefficient (Wildman–Crippen LogP) is 6.74. The molecule has 2 amide bonds. The van der Waals surface area contributed by atoms with Crippen molar-refractivity contribution in [3.8, 4) is 0 Å². The SMILES string of the molecule is Cc1ccc(NC(=O)N2c3ccccc3NC3=C(C(=O)CC(C)(C)C3)[C@H]2c2ccco2)cc1C. The Morgan fingerprint density at radius 1 is 1.06 bits per heavy atom. The summed E-state index contributed by atoms with van der Waals surface area (Å²) in [5.74, 6) is 0.575. The van der Waals surface area contributed by atoms with Gasteiger partial charge in [0.05, 0.1) is 17.6 Å². The average molecular weight is 456 g/mol. The van der Waals surface area contributed by atoms with Crippen LogP contribution in [0.4, 0.5) is 21.9 Å². The Morgan fingerprint density at radius 2 is 1.85 bits per heavy atom. The second-order valence-electron chi connectivity index (χ2n) is 9.99. The molecule has 0 radical (unpaired) electrons. The van der Waals surface area contributed by atoms with Crippen molar-refractivity contribution in [2.75, 3.05) is 15.5 Å². The van der Waals surface area contributed by atoms with Crippen molar-refractivity contribution in [1.82, 2.24) is 0 Å². The fraction of sp³-hybridized carbons (Fsp3) is 0.286. The predicted molar refractivity (Wildman–Crippen MR) is 134 cm³/mol. The third kappa shape index (κ3) is 3.89. The van der Waals surface area contributed by atoms with Crippen LogP contribution in [0.1, 0.15) is 49.6 Å². The number of anilines is 3. The highest BCUT2D eigenvalue weighted by Gasteiger charge is 2.44. The van der Waals surface area contributed by atoms with Crippen molar-refractivity contribution in [3.05, 3.63) is 89.0 Å². The molecule has 0 spiro atoms. The van der Waals surface area contributed by atoms with E-state index in [4.69, 9.17) is 4.42 Å². The van der Waals surface area contributed by atoms with Crippen molar-refractivity contribution in [2.45, 2.75) is 46.6 Å². The molecule has 1 aliphatic heterocycles. The topological polar surface area (TPSA) is 74.6 Å². The van der Waals surface area contributed by atoms with E-state index >= 15 is 0 Å². The number of nitrogens with one attached hydrogen (secondary N) is 2. The van der Waals surface area contributed by atoms with Crippen molar-refractivity contribution >= 4 is 28.9 Å². The molecule has 0 fully saturated rings. The van der Waals surface area contributed by atoms with Gasteiger partial charge >= 0.3 is 6.03 Å². The van der Waals surface area contributed by atoms with E-state index in [1.165, 1.54) is 0 Å². The summed E-state index contributed by atoms with van der Waals surface area (Å²) in [6.07, 6.45) is 2.69. The minimum absolute atomic E-state index is 0.0249. The number of benzene rings is 2. The van der Waals surface area contributed by atoms with Crippen LogP contribution < -0.4 is 15.5 Å². The van der Waals surface area contributed by atoms with Crippen molar-refractivity contribution in [1.29, 1.82) is 0 Å². The maximum Gasteiger partial charge on any atom is 0.327 e. The van der Waals surface area contributed by atoms with Crippen molar-refractivity contribution in [2.24, 2.45) is 5.41 Å². The molecule has 0 saturated heterocycles. The van der Waals surface area contributed by atoms with Crippen molar-refractivity contribution < 1.29 is 14.0 Å². The normalized spacial score (nSPS) is 19.1. The van der Waals surface area contributed by atoms with E-state index in [1.807, 2.05) is 62.4 Å². The van der Waals surface area contributed by atoms with Crippen LogP contribution in [0.15, 0.2) is 76.5 Å². The third-order valence-corrected chi connectivity index (χ3v) is 6.69. The Morgan fingerprint density at radius 3 is 2.59 bits per heavy atom. The fourth-order valence-electron chi connectivity index (χ4n) is 4.93. The lowest BCUT2D eigenvalue weighted by molar-refractivity contribution is -0.118. The summed E-state index contributed by atoms with van der Waals surface area (Å²) < 4.78 is 5.82. The Balaban J connectivity index is 1.67. The maximum atomic E-state index is 13.9. The number of nitrogens with zero attached hydrogens (tertiary/aromatic N) is 1. The van der Waals surface area contributed by atoms with Gasteiger partial charge in [-0.1, -0.05) is 32.0 Å². The number of Topliss-reactive ketones (excluding diaryl/α,β-unsaturated/α-hetero) is 1. The van der Waals surface area contributed by atoms with Crippen LogP contribution in [0, 0.1) is 19.3 Å². The first-order chi connectivity index (χ1) is 16.2. The molecule has 2 heterocycles. The molecule has 1 aliphatic carbocycles. The number of carbonyl (C=O) groups is 2. The number of carbonyl (C=O) groups excluding carboxylic acids is 2. The smallest absolute Gasteiger partial charge is 0.327 e. The first kappa shape index (κ1) is 22.0. The number of rotatable bonds is 2. The Kier molecular flexibility index (Phi) is 5.31. The molecular weight excluding hydrogens is 426 g/mol. The highest BCUT2D eigenvalue weighted by Crippen LogP contribution is 2.48. The summed E-state index contributed by atoms with van der Waals surface area (Å²) in [7, 11) is 0. The van der Waals surface area contributed by atoms with E-state index in [0.29, 0.717) is 35.5 Å². The second-order valence-corrected chi connectivity index (χ2v) is 9.99. The van der Waals surface area contributed by atoms with Gasteiger partial charge in [-0.15, -0.1) is 0 Å². The molecule has 0 unspecified atom stereocenters.